The number of piperidine rings is 1. The van der Waals surface area contributed by atoms with Crippen molar-refractivity contribution >= 4 is 23.3 Å². The maximum atomic E-state index is 13.8. The van der Waals surface area contributed by atoms with Gasteiger partial charge in [0.2, 0.25) is 5.91 Å². The van der Waals surface area contributed by atoms with Gasteiger partial charge in [-0.15, -0.1) is 0 Å². The Bertz CT molecular complexity index is 1690. The molecule has 0 unspecified atom stereocenters. The number of amides is 2. The van der Waals surface area contributed by atoms with Crippen molar-refractivity contribution in [3.05, 3.63) is 77.2 Å². The molecule has 0 bridgehead atoms. The Morgan fingerprint density at radius 3 is 2.81 bits per heavy atom. The van der Waals surface area contributed by atoms with Crippen LogP contribution < -0.4 is 20.3 Å². The number of aliphatic hydroxyl groups is 1. The predicted molar refractivity (Wildman–Crippen MR) is 193 cm³/mol. The van der Waals surface area contributed by atoms with Gasteiger partial charge >= 0.3 is 0 Å². The summed E-state index contributed by atoms with van der Waals surface area (Å²) in [5, 5.41) is 26.4. The Balaban J connectivity index is 0.847. The number of likely N-dealkylation sites (N-methyl/N-ethyl adjacent to an activating group) is 1. The molecule has 2 aromatic carbocycles. The van der Waals surface area contributed by atoms with E-state index in [1.54, 1.807) is 11.9 Å². The van der Waals surface area contributed by atoms with Crippen LogP contribution >= 0.6 is 0 Å². The number of rotatable bonds is 15. The molecular formula is C38H49FN6O7. The van der Waals surface area contributed by atoms with Crippen molar-refractivity contribution in [3.8, 4) is 11.5 Å². The van der Waals surface area contributed by atoms with E-state index in [2.05, 4.69) is 49.7 Å². The second kappa shape index (κ2) is 17.5. The highest BCUT2D eigenvalue weighted by Gasteiger charge is 2.40. The first-order chi connectivity index (χ1) is 25.2. The number of aromatic nitrogens is 1. The van der Waals surface area contributed by atoms with Crippen LogP contribution in [0.2, 0.25) is 0 Å². The zero-order chi connectivity index (χ0) is 36.5. The molecule has 3 aromatic rings. The van der Waals surface area contributed by atoms with E-state index in [0.29, 0.717) is 62.3 Å². The first kappa shape index (κ1) is 37.4. The number of aliphatic hydroxyl groups excluding tert-OH is 1. The van der Waals surface area contributed by atoms with Gasteiger partial charge in [-0.1, -0.05) is 24.3 Å². The van der Waals surface area contributed by atoms with Gasteiger partial charge in [0.05, 0.1) is 43.6 Å². The van der Waals surface area contributed by atoms with Crippen LogP contribution in [0.25, 0.3) is 0 Å². The maximum absolute atomic E-state index is 13.8. The minimum atomic E-state index is -0.986. The molecule has 14 heteroatoms. The van der Waals surface area contributed by atoms with E-state index < -0.39 is 6.10 Å². The Morgan fingerprint density at radius 2 is 1.98 bits per heavy atom. The fourth-order valence-corrected chi connectivity index (χ4v) is 6.99. The molecule has 1 aromatic heterocycles. The number of halogens is 1. The number of carbonyl (C=O) groups excluding carboxylic acids is 2. The lowest BCUT2D eigenvalue weighted by Gasteiger charge is -2.47. The molecule has 4 N–H and O–H groups in total. The van der Waals surface area contributed by atoms with Crippen LogP contribution in [0.3, 0.4) is 0 Å². The number of hydrogen-bond donors (Lipinski definition) is 4. The zero-order valence-electron chi connectivity index (χ0n) is 29.7. The molecule has 280 valence electrons. The summed E-state index contributed by atoms with van der Waals surface area (Å²) in [5.41, 5.74) is 2.91. The van der Waals surface area contributed by atoms with Crippen molar-refractivity contribution in [1.29, 1.82) is 0 Å². The maximum Gasteiger partial charge on any atom is 0.262 e. The fraction of sp³-hybridized carbons (Fsp3) is 0.500. The molecule has 2 saturated heterocycles. The van der Waals surface area contributed by atoms with Crippen molar-refractivity contribution in [2.24, 2.45) is 0 Å². The summed E-state index contributed by atoms with van der Waals surface area (Å²) < 4.78 is 31.4. The van der Waals surface area contributed by atoms with Crippen LogP contribution in [-0.4, -0.2) is 122 Å². The summed E-state index contributed by atoms with van der Waals surface area (Å²) in [7, 11) is 1.73. The van der Waals surface area contributed by atoms with Gasteiger partial charge in [-0.05, 0) is 42.5 Å². The molecule has 4 heterocycles. The first-order valence-electron chi connectivity index (χ1n) is 18.0. The summed E-state index contributed by atoms with van der Waals surface area (Å²) in [6.07, 6.45) is 3.39. The van der Waals surface area contributed by atoms with E-state index in [1.807, 2.05) is 0 Å². The molecule has 2 amide bonds. The Morgan fingerprint density at radius 1 is 1.15 bits per heavy atom. The fourth-order valence-electron chi connectivity index (χ4n) is 6.99. The molecule has 3 aliphatic rings. The molecule has 2 fully saturated rings. The van der Waals surface area contributed by atoms with Crippen LogP contribution in [-0.2, 0) is 32.0 Å². The number of ether oxygens (including phenoxy) is 3. The summed E-state index contributed by atoms with van der Waals surface area (Å²) in [6.45, 7) is 6.52. The largest absolute Gasteiger partial charge is 0.508 e. The summed E-state index contributed by atoms with van der Waals surface area (Å²) in [5.74, 6) is 0.287. The predicted octanol–water partition coefficient (Wildman–Crippen LogP) is 2.86. The zero-order valence-corrected chi connectivity index (χ0v) is 29.7. The van der Waals surface area contributed by atoms with Crippen LogP contribution in [0.15, 0.2) is 54.7 Å². The van der Waals surface area contributed by atoms with Crippen molar-refractivity contribution < 1.29 is 38.4 Å². The number of hydrogen-bond acceptors (Lipinski definition) is 11. The van der Waals surface area contributed by atoms with Gasteiger partial charge in [-0.3, -0.25) is 14.5 Å². The highest BCUT2D eigenvalue weighted by Crippen LogP contribution is 2.38. The van der Waals surface area contributed by atoms with Crippen molar-refractivity contribution in [2.75, 3.05) is 89.5 Å². The third-order valence-corrected chi connectivity index (χ3v) is 9.91. The van der Waals surface area contributed by atoms with Crippen molar-refractivity contribution in [1.82, 2.24) is 20.1 Å². The van der Waals surface area contributed by atoms with Gasteiger partial charge < -0.3 is 44.9 Å². The van der Waals surface area contributed by atoms with E-state index >= 15 is 0 Å². The molecule has 6 rings (SSSR count). The third-order valence-electron chi connectivity index (χ3n) is 9.91. The van der Waals surface area contributed by atoms with Crippen molar-refractivity contribution in [3.63, 3.8) is 0 Å². The van der Waals surface area contributed by atoms with Crippen LogP contribution in [0, 0.1) is 5.82 Å². The number of morpholine rings is 1. The number of nitrogens with one attached hydrogen (secondary N) is 2. The number of phenols is 1. The minimum absolute atomic E-state index is 0.0317. The highest BCUT2D eigenvalue weighted by molar-refractivity contribution is 5.96. The Labute approximate surface area is 303 Å². The molecule has 13 nitrogen and oxygen atoms in total. The normalized spacial score (nSPS) is 17.7. The number of likely N-dealkylation sites (tertiary alicyclic amines) is 1. The number of fused-ring (bicyclic) bond motifs is 1. The SMILES string of the molecule is CN(CCNC[C@H](O)c1cc(O)cc2c1OCC(=O)N2)C(=O)CCOCCc1cccc(CN2CCC3(CC2)CN(c2cc(F)ccn2)CCO3)c1. The first-order valence-corrected chi connectivity index (χ1v) is 18.0. The molecule has 52 heavy (non-hydrogen) atoms. The van der Waals surface area contributed by atoms with E-state index in [1.165, 1.54) is 41.6 Å². The van der Waals surface area contributed by atoms with Gasteiger partial charge in [0, 0.05) is 83.3 Å². The second-order valence-corrected chi connectivity index (χ2v) is 13.8. The molecule has 0 saturated carbocycles. The van der Waals surface area contributed by atoms with Crippen LogP contribution in [0.1, 0.15) is 42.1 Å². The molecule has 0 aliphatic carbocycles. The minimum Gasteiger partial charge on any atom is -0.508 e. The van der Waals surface area contributed by atoms with Gasteiger partial charge in [-0.25, -0.2) is 9.37 Å². The highest BCUT2D eigenvalue weighted by atomic mass is 19.1. The number of phenolic OH excluding ortho intramolecular Hbond substituents is 1. The lowest BCUT2D eigenvalue weighted by Crippen LogP contribution is -2.57. The summed E-state index contributed by atoms with van der Waals surface area (Å²) in [6, 6.07) is 14.2. The lowest BCUT2D eigenvalue weighted by molar-refractivity contribution is -0.131. The van der Waals surface area contributed by atoms with Gasteiger partial charge in [0.15, 0.2) is 6.61 Å². The van der Waals surface area contributed by atoms with E-state index in [-0.39, 0.29) is 48.6 Å². The van der Waals surface area contributed by atoms with E-state index in [9.17, 15) is 24.2 Å². The Kier molecular flexibility index (Phi) is 12.6. The molecule has 0 radical (unpaired) electrons. The monoisotopic (exact) mass is 720 g/mol. The lowest BCUT2D eigenvalue weighted by atomic mass is 9.89. The van der Waals surface area contributed by atoms with Gasteiger partial charge in [0.1, 0.15) is 23.1 Å². The molecule has 1 atom stereocenters. The molecular weight excluding hydrogens is 671 g/mol. The van der Waals surface area contributed by atoms with E-state index in [4.69, 9.17) is 14.2 Å². The number of nitrogens with zero attached hydrogens (tertiary/aromatic N) is 4. The third kappa shape index (κ3) is 9.95. The number of benzene rings is 2. The smallest absolute Gasteiger partial charge is 0.262 e. The van der Waals surface area contributed by atoms with E-state index in [0.717, 1.165) is 45.4 Å². The summed E-state index contributed by atoms with van der Waals surface area (Å²) >= 11 is 0. The van der Waals surface area contributed by atoms with Gasteiger partial charge in [0.25, 0.3) is 5.91 Å². The standard InChI is InChI=1S/C38H49FN6O7/c1-43(14-11-40-23-33(47)31-21-30(46)22-32-37(31)51-25-35(48)42-32)36(49)7-17-50-16-6-27-3-2-4-28(19-27)24-44-12-8-38(9-13-44)26-45(15-18-52-38)34-20-29(39)5-10-41-34/h2-5,10,19-22,33,40,46-47H,6-9,11-18,23-26H2,1H3,(H,42,48)/t33-/m0/s1. The second-order valence-electron chi connectivity index (χ2n) is 13.8. The number of carbonyl (C=O) groups is 2. The van der Waals surface area contributed by atoms with Crippen molar-refractivity contribution in [2.45, 2.75) is 43.9 Å². The van der Waals surface area contributed by atoms with Crippen LogP contribution in [0.4, 0.5) is 15.9 Å². The number of aromatic hydroxyl groups is 1. The van der Waals surface area contributed by atoms with Crippen LogP contribution in [0.5, 0.6) is 11.5 Å². The number of anilines is 2. The average molecular weight is 721 g/mol. The Hall–Kier alpha value is -4.34. The topological polar surface area (TPSA) is 149 Å². The number of pyridine rings is 1. The van der Waals surface area contributed by atoms with Gasteiger partial charge in [-0.2, -0.15) is 0 Å². The average Bonchev–Trinajstić information content (AvgIpc) is 3.13. The molecule has 1 spiro atoms. The molecule has 3 aliphatic heterocycles. The quantitative estimate of drug-likeness (QED) is 0.172. The summed E-state index contributed by atoms with van der Waals surface area (Å²) in [4.78, 5) is 34.8.